The van der Waals surface area contributed by atoms with Gasteiger partial charge in [0.15, 0.2) is 11.5 Å². The van der Waals surface area contributed by atoms with Crippen molar-refractivity contribution in [3.63, 3.8) is 0 Å². The maximum atomic E-state index is 5.41. The summed E-state index contributed by atoms with van der Waals surface area (Å²) in [6.45, 7) is 11.2. The Labute approximate surface area is 123 Å². The fourth-order valence-corrected chi connectivity index (χ4v) is 2.28. The molecule has 0 aromatic heterocycles. The van der Waals surface area contributed by atoms with Gasteiger partial charge in [0.05, 0.1) is 0 Å². The van der Waals surface area contributed by atoms with Crippen LogP contribution in [-0.4, -0.2) is 13.3 Å². The molecule has 0 saturated heterocycles. The number of nitrogens with one attached hydrogen (secondary N) is 1. The van der Waals surface area contributed by atoms with E-state index in [2.05, 4.69) is 48.9 Å². The second-order valence-electron chi connectivity index (χ2n) is 6.04. The molecule has 0 bridgehead atoms. The van der Waals surface area contributed by atoms with Crippen molar-refractivity contribution in [1.29, 1.82) is 0 Å². The van der Waals surface area contributed by atoms with E-state index in [1.807, 2.05) is 12.1 Å². The van der Waals surface area contributed by atoms with Crippen LogP contribution in [0.4, 0.5) is 0 Å². The maximum Gasteiger partial charge on any atom is 0.231 e. The summed E-state index contributed by atoms with van der Waals surface area (Å²) in [5.41, 5.74) is 1.49. The largest absolute Gasteiger partial charge is 0.454 e. The smallest absolute Gasteiger partial charge is 0.231 e. The second kappa shape index (κ2) is 5.71. The number of hydrogen-bond donors (Lipinski definition) is 1. The molecule has 3 nitrogen and oxygen atoms in total. The molecule has 2 rings (SSSR count). The lowest BCUT2D eigenvalue weighted by molar-refractivity contribution is 0.174. The van der Waals surface area contributed by atoms with Gasteiger partial charge in [0.2, 0.25) is 6.79 Å². The van der Waals surface area contributed by atoms with Crippen LogP contribution in [0.2, 0.25) is 0 Å². The summed E-state index contributed by atoms with van der Waals surface area (Å²) in [5.74, 6) is 2.31. The van der Waals surface area contributed by atoms with Gasteiger partial charge in [-0.3, -0.25) is 0 Å². The molecule has 19 heavy (non-hydrogen) atoms. The molecule has 0 fully saturated rings. The van der Waals surface area contributed by atoms with E-state index >= 15 is 0 Å². The highest BCUT2D eigenvalue weighted by Crippen LogP contribution is 2.37. The van der Waals surface area contributed by atoms with Crippen LogP contribution in [0.15, 0.2) is 16.6 Å². The Morgan fingerprint density at radius 1 is 1.26 bits per heavy atom. The maximum absolute atomic E-state index is 5.41. The Morgan fingerprint density at radius 2 is 1.89 bits per heavy atom. The van der Waals surface area contributed by atoms with Gasteiger partial charge in [-0.15, -0.1) is 0 Å². The Balaban J connectivity index is 1.97. The molecule has 1 aromatic rings. The second-order valence-corrected chi connectivity index (χ2v) is 6.90. The molecule has 0 saturated carbocycles. The molecule has 1 aliphatic heterocycles. The summed E-state index contributed by atoms with van der Waals surface area (Å²) in [4.78, 5) is 0. The average Bonchev–Trinajstić information content (AvgIpc) is 2.75. The minimum absolute atomic E-state index is 0.294. The van der Waals surface area contributed by atoms with Gasteiger partial charge in [-0.2, -0.15) is 0 Å². The lowest BCUT2D eigenvalue weighted by Gasteiger charge is -2.29. The van der Waals surface area contributed by atoms with Crippen LogP contribution in [-0.2, 0) is 6.54 Å². The van der Waals surface area contributed by atoms with E-state index in [1.54, 1.807) is 0 Å². The SMILES string of the molecule is CC(C)C(C)(C)CNCc1cc2c(cc1Br)OCO2. The molecule has 0 amide bonds. The van der Waals surface area contributed by atoms with Crippen LogP contribution < -0.4 is 14.8 Å². The summed E-state index contributed by atoms with van der Waals surface area (Å²) in [5, 5.41) is 3.53. The first-order valence-electron chi connectivity index (χ1n) is 6.69. The summed E-state index contributed by atoms with van der Waals surface area (Å²) in [6.07, 6.45) is 0. The van der Waals surface area contributed by atoms with E-state index in [0.29, 0.717) is 18.1 Å². The molecule has 1 heterocycles. The molecule has 1 aliphatic rings. The van der Waals surface area contributed by atoms with Crippen LogP contribution in [0, 0.1) is 11.3 Å². The van der Waals surface area contributed by atoms with Crippen molar-refractivity contribution < 1.29 is 9.47 Å². The van der Waals surface area contributed by atoms with Crippen LogP contribution in [0.1, 0.15) is 33.3 Å². The molecular weight excluding hydrogens is 306 g/mol. The minimum Gasteiger partial charge on any atom is -0.454 e. The van der Waals surface area contributed by atoms with E-state index in [0.717, 1.165) is 29.1 Å². The van der Waals surface area contributed by atoms with Gasteiger partial charge >= 0.3 is 0 Å². The highest BCUT2D eigenvalue weighted by Gasteiger charge is 2.22. The third kappa shape index (κ3) is 3.42. The van der Waals surface area contributed by atoms with E-state index in [-0.39, 0.29) is 0 Å². The summed E-state index contributed by atoms with van der Waals surface area (Å²) < 4.78 is 11.8. The first-order chi connectivity index (χ1) is 8.90. The third-order valence-corrected chi connectivity index (χ3v) is 4.74. The van der Waals surface area contributed by atoms with Crippen LogP contribution in [0.3, 0.4) is 0 Å². The Bertz CT molecular complexity index is 458. The highest BCUT2D eigenvalue weighted by molar-refractivity contribution is 9.10. The van der Waals surface area contributed by atoms with Gasteiger partial charge in [-0.1, -0.05) is 43.6 Å². The molecule has 1 N–H and O–H groups in total. The Hall–Kier alpha value is -0.740. The molecule has 4 heteroatoms. The summed E-state index contributed by atoms with van der Waals surface area (Å²) in [6, 6.07) is 4.02. The number of benzene rings is 1. The van der Waals surface area contributed by atoms with Crippen molar-refractivity contribution in [2.75, 3.05) is 13.3 Å². The van der Waals surface area contributed by atoms with Gasteiger partial charge < -0.3 is 14.8 Å². The van der Waals surface area contributed by atoms with Crippen molar-refractivity contribution >= 4 is 15.9 Å². The molecule has 1 aromatic carbocycles. The van der Waals surface area contributed by atoms with Crippen molar-refractivity contribution in [2.45, 2.75) is 34.2 Å². The molecule has 0 unspecified atom stereocenters. The van der Waals surface area contributed by atoms with Gasteiger partial charge in [0.25, 0.3) is 0 Å². The molecule has 106 valence electrons. The van der Waals surface area contributed by atoms with Gasteiger partial charge in [0, 0.05) is 17.6 Å². The number of ether oxygens (including phenoxy) is 2. The topological polar surface area (TPSA) is 30.5 Å². The first-order valence-corrected chi connectivity index (χ1v) is 7.48. The fourth-order valence-electron chi connectivity index (χ4n) is 1.82. The molecular formula is C15H22BrNO2. The standard InChI is InChI=1S/C15H22BrNO2/c1-10(2)15(3,4)8-17-7-11-5-13-14(6-12(11)16)19-9-18-13/h5-6,10,17H,7-9H2,1-4H3. The number of fused-ring (bicyclic) bond motifs is 1. The molecule has 0 aliphatic carbocycles. The van der Waals surface area contributed by atoms with Crippen LogP contribution >= 0.6 is 15.9 Å². The van der Waals surface area contributed by atoms with E-state index in [1.165, 1.54) is 5.56 Å². The zero-order chi connectivity index (χ0) is 14.0. The molecule has 0 spiro atoms. The lowest BCUT2D eigenvalue weighted by atomic mass is 9.81. The average molecular weight is 328 g/mol. The Kier molecular flexibility index (Phi) is 4.41. The predicted molar refractivity (Wildman–Crippen MR) is 80.6 cm³/mol. The predicted octanol–water partition coefficient (Wildman–Crippen LogP) is 3.95. The van der Waals surface area contributed by atoms with Crippen LogP contribution in [0.5, 0.6) is 11.5 Å². The van der Waals surface area contributed by atoms with Crippen molar-refractivity contribution in [2.24, 2.45) is 11.3 Å². The first kappa shape index (κ1) is 14.7. The zero-order valence-corrected chi connectivity index (χ0v) is 13.6. The van der Waals surface area contributed by atoms with E-state index < -0.39 is 0 Å². The quantitative estimate of drug-likeness (QED) is 0.888. The monoisotopic (exact) mass is 327 g/mol. The Morgan fingerprint density at radius 3 is 2.53 bits per heavy atom. The van der Waals surface area contributed by atoms with E-state index in [4.69, 9.17) is 9.47 Å². The van der Waals surface area contributed by atoms with Crippen LogP contribution in [0.25, 0.3) is 0 Å². The number of halogens is 1. The molecule has 0 radical (unpaired) electrons. The van der Waals surface area contributed by atoms with Gasteiger partial charge in [0.1, 0.15) is 0 Å². The fraction of sp³-hybridized carbons (Fsp3) is 0.600. The lowest BCUT2D eigenvalue weighted by Crippen LogP contribution is -2.33. The zero-order valence-electron chi connectivity index (χ0n) is 12.0. The third-order valence-electron chi connectivity index (χ3n) is 4.00. The minimum atomic E-state index is 0.294. The van der Waals surface area contributed by atoms with Crippen molar-refractivity contribution in [3.05, 3.63) is 22.2 Å². The number of rotatable bonds is 5. The molecule has 0 atom stereocenters. The highest BCUT2D eigenvalue weighted by atomic mass is 79.9. The van der Waals surface area contributed by atoms with Gasteiger partial charge in [-0.25, -0.2) is 0 Å². The normalized spacial score (nSPS) is 14.2. The summed E-state index contributed by atoms with van der Waals surface area (Å²) >= 11 is 3.58. The van der Waals surface area contributed by atoms with Crippen molar-refractivity contribution in [3.8, 4) is 11.5 Å². The van der Waals surface area contributed by atoms with E-state index in [9.17, 15) is 0 Å². The summed E-state index contributed by atoms with van der Waals surface area (Å²) in [7, 11) is 0. The number of hydrogen-bond acceptors (Lipinski definition) is 3. The van der Waals surface area contributed by atoms with Gasteiger partial charge in [-0.05, 0) is 29.0 Å². The van der Waals surface area contributed by atoms with Crippen molar-refractivity contribution in [1.82, 2.24) is 5.32 Å².